The highest BCUT2D eigenvalue weighted by molar-refractivity contribution is 6.63. The maximum atomic E-state index is 10.3. The summed E-state index contributed by atoms with van der Waals surface area (Å²) in [5.74, 6) is -0.0709. The fourth-order valence-electron chi connectivity index (χ4n) is 6.69. The van der Waals surface area contributed by atoms with Crippen LogP contribution < -0.4 is 10.9 Å². The van der Waals surface area contributed by atoms with Crippen molar-refractivity contribution in [3.8, 4) is 12.1 Å². The number of fused-ring (bicyclic) bond motifs is 2. The molecule has 0 radical (unpaired) electrons. The zero-order valence-corrected chi connectivity index (χ0v) is 27.5. The van der Waals surface area contributed by atoms with E-state index in [0.717, 1.165) is 33.2 Å². The van der Waals surface area contributed by atoms with Crippen molar-refractivity contribution < 1.29 is 18.6 Å². The predicted octanol–water partition coefficient (Wildman–Crippen LogP) is 5.98. The van der Waals surface area contributed by atoms with Crippen LogP contribution in [0.5, 0.6) is 0 Å². The van der Waals surface area contributed by atoms with E-state index >= 15 is 0 Å². The summed E-state index contributed by atoms with van der Waals surface area (Å²) in [6, 6.07) is 21.6. The lowest BCUT2D eigenvalue weighted by Crippen LogP contribution is -2.41. The van der Waals surface area contributed by atoms with Crippen LogP contribution >= 0.6 is 0 Å². The lowest BCUT2D eigenvalue weighted by Gasteiger charge is -2.35. The molecule has 44 heavy (non-hydrogen) atoms. The largest absolute Gasteiger partial charge is 0.496 e. The number of hydrogen-bond donors (Lipinski definition) is 0. The minimum Gasteiger partial charge on any atom is -0.399 e. The van der Waals surface area contributed by atoms with Gasteiger partial charge in [-0.25, -0.2) is 0 Å². The topological polar surface area (TPSA) is 84.5 Å². The normalized spacial score (nSPS) is 23.9. The van der Waals surface area contributed by atoms with Crippen LogP contribution in [0.3, 0.4) is 0 Å². The first kappa shape index (κ1) is 30.6. The van der Waals surface area contributed by atoms with Crippen molar-refractivity contribution in [2.45, 2.75) is 103 Å². The monoisotopic (exact) mass is 586 g/mol. The third kappa shape index (κ3) is 4.55. The van der Waals surface area contributed by atoms with Crippen molar-refractivity contribution in [2.24, 2.45) is 0 Å². The molecule has 3 aromatic rings. The van der Waals surface area contributed by atoms with Crippen LogP contribution in [0.1, 0.15) is 119 Å². The lowest BCUT2D eigenvalue weighted by atomic mass is 9.65. The van der Waals surface area contributed by atoms with E-state index in [-0.39, 0.29) is 11.8 Å². The molecule has 0 spiro atoms. The number of benzene rings is 3. The maximum Gasteiger partial charge on any atom is 0.496 e. The average molecular weight is 586 g/mol. The highest BCUT2D eigenvalue weighted by atomic mass is 16.7. The predicted molar refractivity (Wildman–Crippen MR) is 173 cm³/mol. The van der Waals surface area contributed by atoms with E-state index < -0.39 is 36.6 Å². The summed E-state index contributed by atoms with van der Waals surface area (Å²) in [7, 11) is -1.34. The van der Waals surface area contributed by atoms with E-state index in [1.54, 1.807) is 0 Å². The van der Waals surface area contributed by atoms with Crippen molar-refractivity contribution in [1.82, 2.24) is 0 Å². The average Bonchev–Trinajstić information content (AvgIpc) is 3.32. The number of rotatable bonds is 3. The minimum atomic E-state index is -0.674. The Morgan fingerprint density at radius 2 is 1.02 bits per heavy atom. The summed E-state index contributed by atoms with van der Waals surface area (Å²) in [5, 5.41) is 20.5. The van der Waals surface area contributed by atoms with Gasteiger partial charge in [0.15, 0.2) is 0 Å². The lowest BCUT2D eigenvalue weighted by molar-refractivity contribution is 0.00578. The second kappa shape index (κ2) is 10.1. The van der Waals surface area contributed by atoms with Gasteiger partial charge in [0.2, 0.25) is 0 Å². The highest BCUT2D eigenvalue weighted by Gasteiger charge is 2.54. The van der Waals surface area contributed by atoms with E-state index in [4.69, 9.17) is 18.6 Å². The molecule has 2 heterocycles. The van der Waals surface area contributed by atoms with Crippen LogP contribution in [0, 0.1) is 29.6 Å². The fourth-order valence-corrected chi connectivity index (χ4v) is 6.69. The number of hydrogen-bond acceptors (Lipinski definition) is 6. The number of aryl methyl sites for hydroxylation is 1. The number of nitriles is 2. The van der Waals surface area contributed by atoms with Gasteiger partial charge in [0.25, 0.3) is 0 Å². The van der Waals surface area contributed by atoms with Gasteiger partial charge >= 0.3 is 14.2 Å². The SMILES string of the molecule is Cc1cc(C#N)c(B2OC(C)(C)C(C)(C)O2)cc1C1c2ccccc2C(C)c2cc(C#N)c(B3OC(C)(C)C(C)(C)O3)cc21. The van der Waals surface area contributed by atoms with Crippen molar-refractivity contribution >= 4 is 25.2 Å². The van der Waals surface area contributed by atoms with Crippen molar-refractivity contribution in [3.05, 3.63) is 93.0 Å². The molecule has 2 unspecified atom stereocenters. The first-order chi connectivity index (χ1) is 20.5. The van der Waals surface area contributed by atoms with Crippen LogP contribution in [-0.4, -0.2) is 36.6 Å². The molecule has 0 N–H and O–H groups in total. The van der Waals surface area contributed by atoms with Gasteiger partial charge in [-0.1, -0.05) is 43.3 Å². The molecule has 2 fully saturated rings. The van der Waals surface area contributed by atoms with Crippen LogP contribution in [0.2, 0.25) is 0 Å². The molecule has 2 aliphatic heterocycles. The quantitative estimate of drug-likeness (QED) is 0.351. The molecule has 6 nitrogen and oxygen atoms in total. The molecule has 3 aromatic carbocycles. The molecule has 0 amide bonds. The molecule has 2 saturated heterocycles. The third-order valence-electron chi connectivity index (χ3n) is 10.8. The second-order valence-corrected chi connectivity index (χ2v) is 14.5. The Morgan fingerprint density at radius 1 is 0.591 bits per heavy atom. The molecule has 0 bridgehead atoms. The van der Waals surface area contributed by atoms with E-state index in [1.807, 2.05) is 67.5 Å². The van der Waals surface area contributed by atoms with Gasteiger partial charge in [0.05, 0.1) is 45.7 Å². The first-order valence-corrected chi connectivity index (χ1v) is 15.4. The van der Waals surface area contributed by atoms with Crippen molar-refractivity contribution in [1.29, 1.82) is 10.5 Å². The first-order valence-electron chi connectivity index (χ1n) is 15.4. The molecule has 224 valence electrons. The summed E-state index contributed by atoms with van der Waals surface area (Å²) in [5.41, 5.74) is 7.09. The summed E-state index contributed by atoms with van der Waals surface area (Å²) < 4.78 is 25.8. The fraction of sp³-hybridized carbons (Fsp3) is 0.444. The minimum absolute atomic E-state index is 0.0816. The van der Waals surface area contributed by atoms with E-state index in [1.165, 1.54) is 11.1 Å². The van der Waals surface area contributed by atoms with Crippen LogP contribution in [-0.2, 0) is 18.6 Å². The third-order valence-corrected chi connectivity index (χ3v) is 10.8. The maximum absolute atomic E-state index is 10.3. The van der Waals surface area contributed by atoms with E-state index in [9.17, 15) is 10.5 Å². The molecule has 0 saturated carbocycles. The van der Waals surface area contributed by atoms with Gasteiger partial charge in [-0.3, -0.25) is 0 Å². The molecular weight excluding hydrogens is 546 g/mol. The Kier molecular flexibility index (Phi) is 7.00. The summed E-state index contributed by atoms with van der Waals surface area (Å²) in [6.07, 6.45) is 0. The standard InChI is InChI=1S/C36H40B2N2O4/c1-21-15-23(19-39)30(37-41-33(3,4)34(5,6)42-37)17-27(21)32-26-14-12-11-13-25(26)22(2)28-16-24(20-40)31(18-29(28)32)38-43-35(7,8)36(9,10)44-38/h11-18,22,32H,1-10H3. The van der Waals surface area contributed by atoms with E-state index in [2.05, 4.69) is 62.4 Å². The van der Waals surface area contributed by atoms with Gasteiger partial charge in [0, 0.05) is 22.8 Å². The molecule has 6 rings (SSSR count). The molecule has 3 aliphatic rings. The van der Waals surface area contributed by atoms with Gasteiger partial charge in [0.1, 0.15) is 0 Å². The summed E-state index contributed by atoms with van der Waals surface area (Å²) >= 11 is 0. The summed E-state index contributed by atoms with van der Waals surface area (Å²) in [4.78, 5) is 0. The van der Waals surface area contributed by atoms with Gasteiger partial charge in [-0.2, -0.15) is 10.5 Å². The highest BCUT2D eigenvalue weighted by Crippen LogP contribution is 2.48. The van der Waals surface area contributed by atoms with Gasteiger partial charge in [-0.05, 0) is 108 Å². The molecule has 1 aliphatic carbocycles. The second-order valence-electron chi connectivity index (χ2n) is 14.5. The van der Waals surface area contributed by atoms with Crippen molar-refractivity contribution in [3.63, 3.8) is 0 Å². The Balaban J connectivity index is 1.57. The van der Waals surface area contributed by atoms with Crippen molar-refractivity contribution in [2.75, 3.05) is 0 Å². The zero-order valence-electron chi connectivity index (χ0n) is 27.5. The summed E-state index contributed by atoms with van der Waals surface area (Å²) in [6.45, 7) is 20.4. The Hall–Kier alpha value is -3.39. The smallest absolute Gasteiger partial charge is 0.399 e. The van der Waals surface area contributed by atoms with Crippen LogP contribution in [0.25, 0.3) is 0 Å². The Bertz CT molecular complexity index is 1730. The van der Waals surface area contributed by atoms with Crippen LogP contribution in [0.4, 0.5) is 0 Å². The van der Waals surface area contributed by atoms with Gasteiger partial charge in [-0.15, -0.1) is 0 Å². The zero-order chi connectivity index (χ0) is 32.0. The molecule has 2 atom stereocenters. The molecule has 8 heteroatoms. The van der Waals surface area contributed by atoms with Crippen LogP contribution in [0.15, 0.2) is 48.5 Å². The molecule has 0 aromatic heterocycles. The Morgan fingerprint density at radius 3 is 1.50 bits per heavy atom. The Labute approximate surface area is 262 Å². The van der Waals surface area contributed by atoms with E-state index in [0.29, 0.717) is 11.1 Å². The van der Waals surface area contributed by atoms with Gasteiger partial charge < -0.3 is 18.6 Å². The molecular formula is C36H40B2N2O4. The number of nitrogens with zero attached hydrogens (tertiary/aromatic N) is 2.